The van der Waals surface area contributed by atoms with E-state index < -0.39 is 11.4 Å². The van der Waals surface area contributed by atoms with Gasteiger partial charge in [-0.15, -0.1) is 0 Å². The van der Waals surface area contributed by atoms with Crippen LogP contribution in [0.2, 0.25) is 0 Å². The van der Waals surface area contributed by atoms with Crippen molar-refractivity contribution in [3.63, 3.8) is 0 Å². The third kappa shape index (κ3) is 3.47. The van der Waals surface area contributed by atoms with E-state index in [9.17, 15) is 4.79 Å². The van der Waals surface area contributed by atoms with Crippen LogP contribution >= 0.6 is 0 Å². The molecular formula is C15H23NO3. The Kier molecular flexibility index (Phi) is 4.58. The van der Waals surface area contributed by atoms with E-state index in [-0.39, 0.29) is 12.5 Å². The molecule has 0 aliphatic heterocycles. The zero-order valence-electron chi connectivity index (χ0n) is 12.3. The van der Waals surface area contributed by atoms with Gasteiger partial charge in [0.05, 0.1) is 13.5 Å². The van der Waals surface area contributed by atoms with Crippen molar-refractivity contribution in [3.8, 4) is 5.75 Å². The Morgan fingerprint density at radius 1 is 1.42 bits per heavy atom. The summed E-state index contributed by atoms with van der Waals surface area (Å²) in [5.41, 5.74) is 8.78. The molecule has 19 heavy (non-hydrogen) atoms. The highest BCUT2D eigenvalue weighted by molar-refractivity contribution is 5.68. The fourth-order valence-electron chi connectivity index (χ4n) is 2.40. The molecule has 0 fully saturated rings. The second-order valence-corrected chi connectivity index (χ2v) is 5.73. The number of carboxylic acids is 1. The number of nitrogens with two attached hydrogens (primary N) is 1. The van der Waals surface area contributed by atoms with Crippen LogP contribution in [0.3, 0.4) is 0 Å². The SMILES string of the molecule is COc1cc(C)cc(C)c1C(N)C(C)(C)CC(=O)O. The summed E-state index contributed by atoms with van der Waals surface area (Å²) in [6.45, 7) is 7.70. The molecule has 1 unspecified atom stereocenters. The first-order valence-corrected chi connectivity index (χ1v) is 6.31. The molecule has 0 heterocycles. The predicted octanol–water partition coefficient (Wildman–Crippen LogP) is 2.81. The molecule has 0 amide bonds. The van der Waals surface area contributed by atoms with Crippen molar-refractivity contribution in [1.29, 1.82) is 0 Å². The molecule has 0 bridgehead atoms. The number of hydrogen-bond acceptors (Lipinski definition) is 3. The molecule has 1 rings (SSSR count). The lowest BCUT2D eigenvalue weighted by molar-refractivity contribution is -0.139. The molecule has 1 atom stereocenters. The summed E-state index contributed by atoms with van der Waals surface area (Å²) in [6, 6.07) is 3.58. The number of carboxylic acid groups (broad SMARTS) is 1. The van der Waals surface area contributed by atoms with Gasteiger partial charge in [-0.25, -0.2) is 0 Å². The van der Waals surface area contributed by atoms with Gasteiger partial charge in [0.1, 0.15) is 5.75 Å². The first-order valence-electron chi connectivity index (χ1n) is 6.31. The summed E-state index contributed by atoms with van der Waals surface area (Å²) < 4.78 is 5.40. The van der Waals surface area contributed by atoms with E-state index in [1.54, 1.807) is 7.11 Å². The topological polar surface area (TPSA) is 72.5 Å². The third-order valence-corrected chi connectivity index (χ3v) is 3.47. The molecule has 0 spiro atoms. The van der Waals surface area contributed by atoms with Crippen LogP contribution in [0, 0.1) is 19.3 Å². The van der Waals surface area contributed by atoms with E-state index in [1.165, 1.54) is 0 Å². The lowest BCUT2D eigenvalue weighted by Gasteiger charge is -2.32. The number of carbonyl (C=O) groups is 1. The van der Waals surface area contributed by atoms with Crippen molar-refractivity contribution in [2.75, 3.05) is 7.11 Å². The van der Waals surface area contributed by atoms with E-state index in [4.69, 9.17) is 15.6 Å². The van der Waals surface area contributed by atoms with Gasteiger partial charge in [-0.1, -0.05) is 19.9 Å². The Balaban J connectivity index is 3.25. The van der Waals surface area contributed by atoms with Crippen LogP contribution in [-0.2, 0) is 4.79 Å². The maximum atomic E-state index is 11.0. The van der Waals surface area contributed by atoms with E-state index >= 15 is 0 Å². The normalized spacial score (nSPS) is 13.2. The average Bonchev–Trinajstić information content (AvgIpc) is 2.25. The van der Waals surface area contributed by atoms with Gasteiger partial charge in [0.25, 0.3) is 0 Å². The Hall–Kier alpha value is -1.55. The molecule has 0 saturated carbocycles. The number of ether oxygens (including phenoxy) is 1. The van der Waals surface area contributed by atoms with E-state index in [0.29, 0.717) is 0 Å². The first-order chi connectivity index (χ1) is 8.69. The van der Waals surface area contributed by atoms with Gasteiger partial charge in [0.2, 0.25) is 0 Å². The fraction of sp³-hybridized carbons (Fsp3) is 0.533. The molecule has 4 heteroatoms. The molecule has 0 aliphatic rings. The lowest BCUT2D eigenvalue weighted by atomic mass is 9.76. The molecule has 0 aromatic heterocycles. The zero-order valence-corrected chi connectivity index (χ0v) is 12.3. The zero-order chi connectivity index (χ0) is 14.8. The van der Waals surface area contributed by atoms with Crippen molar-refractivity contribution in [1.82, 2.24) is 0 Å². The number of aliphatic carboxylic acids is 1. The molecule has 4 nitrogen and oxygen atoms in total. The predicted molar refractivity (Wildman–Crippen MR) is 75.4 cm³/mol. The summed E-state index contributed by atoms with van der Waals surface area (Å²) in [5, 5.41) is 9.00. The van der Waals surface area contributed by atoms with E-state index in [2.05, 4.69) is 0 Å². The van der Waals surface area contributed by atoms with Crippen LogP contribution in [0.4, 0.5) is 0 Å². The molecule has 0 aliphatic carbocycles. The van der Waals surface area contributed by atoms with Crippen LogP contribution in [0.25, 0.3) is 0 Å². The highest BCUT2D eigenvalue weighted by Gasteiger charge is 2.33. The minimum atomic E-state index is -0.843. The second kappa shape index (κ2) is 5.61. The number of hydrogen-bond donors (Lipinski definition) is 2. The van der Waals surface area contributed by atoms with Gasteiger partial charge in [-0.3, -0.25) is 4.79 Å². The molecule has 106 valence electrons. The monoisotopic (exact) mass is 265 g/mol. The van der Waals surface area contributed by atoms with Crippen LogP contribution in [-0.4, -0.2) is 18.2 Å². The molecule has 1 aromatic rings. The van der Waals surface area contributed by atoms with Crippen LogP contribution in [0.5, 0.6) is 5.75 Å². The number of rotatable bonds is 5. The minimum Gasteiger partial charge on any atom is -0.496 e. The molecule has 3 N–H and O–H groups in total. The summed E-state index contributed by atoms with van der Waals surface area (Å²) >= 11 is 0. The summed E-state index contributed by atoms with van der Waals surface area (Å²) in [7, 11) is 1.61. The van der Waals surface area contributed by atoms with Crippen LogP contribution in [0.15, 0.2) is 12.1 Å². The van der Waals surface area contributed by atoms with E-state index in [0.717, 1.165) is 22.4 Å². The quantitative estimate of drug-likeness (QED) is 0.858. The minimum absolute atomic E-state index is 0.0185. The Bertz CT molecular complexity index is 481. The molecule has 0 saturated heterocycles. The highest BCUT2D eigenvalue weighted by atomic mass is 16.5. The van der Waals surface area contributed by atoms with Crippen molar-refractivity contribution in [2.24, 2.45) is 11.1 Å². The van der Waals surface area contributed by atoms with Crippen molar-refractivity contribution >= 4 is 5.97 Å². The number of aryl methyl sites for hydroxylation is 2. The Labute approximate surface area is 114 Å². The lowest BCUT2D eigenvalue weighted by Crippen LogP contribution is -2.32. The van der Waals surface area contributed by atoms with Gasteiger partial charge in [-0.2, -0.15) is 0 Å². The largest absolute Gasteiger partial charge is 0.496 e. The first kappa shape index (κ1) is 15.5. The molecule has 0 radical (unpaired) electrons. The van der Waals surface area contributed by atoms with E-state index in [1.807, 2.05) is 39.8 Å². The molecule has 1 aromatic carbocycles. The van der Waals surface area contributed by atoms with Gasteiger partial charge >= 0.3 is 5.97 Å². The smallest absolute Gasteiger partial charge is 0.303 e. The maximum Gasteiger partial charge on any atom is 0.303 e. The second-order valence-electron chi connectivity index (χ2n) is 5.73. The summed E-state index contributed by atoms with van der Waals surface area (Å²) in [5.74, 6) is -0.118. The van der Waals surface area contributed by atoms with Gasteiger partial charge < -0.3 is 15.6 Å². The molecular weight excluding hydrogens is 242 g/mol. The standard InChI is InChI=1S/C15H23NO3/c1-9-6-10(2)13(11(7-9)19-5)14(16)15(3,4)8-12(17)18/h6-7,14H,8,16H2,1-5H3,(H,17,18). The van der Waals surface area contributed by atoms with Gasteiger partial charge in [-0.05, 0) is 36.5 Å². The van der Waals surface area contributed by atoms with Crippen molar-refractivity contribution in [2.45, 2.75) is 40.2 Å². The van der Waals surface area contributed by atoms with Crippen LogP contribution in [0.1, 0.15) is 43.0 Å². The van der Waals surface area contributed by atoms with Crippen LogP contribution < -0.4 is 10.5 Å². The van der Waals surface area contributed by atoms with Gasteiger partial charge in [0.15, 0.2) is 0 Å². The fourth-order valence-corrected chi connectivity index (χ4v) is 2.40. The van der Waals surface area contributed by atoms with Crippen molar-refractivity contribution in [3.05, 3.63) is 28.8 Å². The third-order valence-electron chi connectivity index (χ3n) is 3.47. The Morgan fingerprint density at radius 2 is 2.00 bits per heavy atom. The van der Waals surface area contributed by atoms with Gasteiger partial charge in [0, 0.05) is 11.6 Å². The number of benzene rings is 1. The summed E-state index contributed by atoms with van der Waals surface area (Å²) in [4.78, 5) is 11.0. The summed E-state index contributed by atoms with van der Waals surface area (Å²) in [6.07, 6.45) is 0.0185. The number of methoxy groups -OCH3 is 1. The Morgan fingerprint density at radius 3 is 2.47 bits per heavy atom. The highest BCUT2D eigenvalue weighted by Crippen LogP contribution is 2.40. The average molecular weight is 265 g/mol. The van der Waals surface area contributed by atoms with Crippen molar-refractivity contribution < 1.29 is 14.6 Å². The maximum absolute atomic E-state index is 11.0.